The second-order valence-corrected chi connectivity index (χ2v) is 5.27. The molecule has 0 bridgehead atoms. The Bertz CT molecular complexity index is 608. The molecule has 0 radical (unpaired) electrons. The van der Waals surface area contributed by atoms with Crippen molar-refractivity contribution < 1.29 is 9.21 Å². The summed E-state index contributed by atoms with van der Waals surface area (Å²) < 4.78 is 5.31. The number of anilines is 1. The molecule has 1 aromatic carbocycles. The van der Waals surface area contributed by atoms with Crippen molar-refractivity contribution >= 4 is 11.6 Å². The van der Waals surface area contributed by atoms with E-state index in [1.54, 1.807) is 6.20 Å². The van der Waals surface area contributed by atoms with Crippen molar-refractivity contribution in [1.82, 2.24) is 4.98 Å². The molecule has 0 fully saturated rings. The average molecular weight is 287 g/mol. The predicted octanol–water partition coefficient (Wildman–Crippen LogP) is 2.96. The number of hydrogen-bond acceptors (Lipinski definition) is 4. The monoisotopic (exact) mass is 287 g/mol. The second kappa shape index (κ2) is 6.54. The van der Waals surface area contributed by atoms with Gasteiger partial charge in [-0.15, -0.1) is 0 Å². The lowest BCUT2D eigenvalue weighted by molar-refractivity contribution is -0.118. The first-order valence-electron chi connectivity index (χ1n) is 7.10. The number of nitrogens with one attached hydrogen (secondary N) is 1. The maximum atomic E-state index is 12.1. The quantitative estimate of drug-likeness (QED) is 0.885. The molecular formula is C16H21N3O2. The molecule has 2 aromatic rings. The number of rotatable bonds is 5. The molecule has 0 spiro atoms. The van der Waals surface area contributed by atoms with E-state index in [0.717, 1.165) is 17.5 Å². The van der Waals surface area contributed by atoms with Gasteiger partial charge in [-0.25, -0.2) is 4.98 Å². The lowest BCUT2D eigenvalue weighted by atomic mass is 9.99. The first kappa shape index (κ1) is 15.3. The highest BCUT2D eigenvalue weighted by Crippen LogP contribution is 2.25. The van der Waals surface area contributed by atoms with Gasteiger partial charge in [0.15, 0.2) is 0 Å². The van der Waals surface area contributed by atoms with Gasteiger partial charge in [0, 0.05) is 11.3 Å². The van der Waals surface area contributed by atoms with E-state index in [0.29, 0.717) is 11.6 Å². The Balaban J connectivity index is 2.18. The van der Waals surface area contributed by atoms with Gasteiger partial charge in [0.2, 0.25) is 11.8 Å². The number of benzene rings is 1. The first-order chi connectivity index (χ1) is 10.0. The zero-order valence-electron chi connectivity index (χ0n) is 12.6. The normalized spacial score (nSPS) is 13.7. The summed E-state index contributed by atoms with van der Waals surface area (Å²) in [6.07, 6.45) is 3.99. The summed E-state index contributed by atoms with van der Waals surface area (Å²) >= 11 is 0. The van der Waals surface area contributed by atoms with Crippen molar-refractivity contribution in [3.05, 3.63) is 36.2 Å². The van der Waals surface area contributed by atoms with Gasteiger partial charge in [-0.3, -0.25) is 4.79 Å². The lowest BCUT2D eigenvalue weighted by Crippen LogP contribution is -2.40. The van der Waals surface area contributed by atoms with Crippen LogP contribution in [0, 0.1) is 12.8 Å². The molecule has 2 unspecified atom stereocenters. The fraction of sp³-hybridized carbons (Fsp3) is 0.375. The van der Waals surface area contributed by atoms with Crippen LogP contribution in [0.4, 0.5) is 5.69 Å². The number of nitrogens with two attached hydrogens (primary N) is 1. The zero-order chi connectivity index (χ0) is 15.4. The standard InChI is InChI=1S/C16H21N3O2/c1-4-10(2)14(17)15(20)19-12-6-5-11(3)13(9-12)16-18-7-8-21-16/h5-10,14H,4,17H2,1-3H3,(H,19,20). The molecule has 3 N–H and O–H groups in total. The molecule has 1 heterocycles. The number of nitrogens with zero attached hydrogens (tertiary/aromatic N) is 1. The van der Waals surface area contributed by atoms with Crippen LogP contribution < -0.4 is 11.1 Å². The maximum absolute atomic E-state index is 12.1. The highest BCUT2D eigenvalue weighted by atomic mass is 16.3. The largest absolute Gasteiger partial charge is 0.445 e. The van der Waals surface area contributed by atoms with E-state index in [2.05, 4.69) is 10.3 Å². The molecule has 0 aliphatic carbocycles. The van der Waals surface area contributed by atoms with E-state index in [1.165, 1.54) is 6.26 Å². The van der Waals surface area contributed by atoms with Gasteiger partial charge in [0.1, 0.15) is 6.26 Å². The van der Waals surface area contributed by atoms with Crippen molar-refractivity contribution in [1.29, 1.82) is 0 Å². The Morgan fingerprint density at radius 2 is 2.24 bits per heavy atom. The molecule has 2 rings (SSSR count). The summed E-state index contributed by atoms with van der Waals surface area (Å²) in [5, 5.41) is 2.85. The van der Waals surface area contributed by atoms with E-state index in [1.807, 2.05) is 39.0 Å². The summed E-state index contributed by atoms with van der Waals surface area (Å²) in [7, 11) is 0. The number of aromatic nitrogens is 1. The summed E-state index contributed by atoms with van der Waals surface area (Å²) in [6, 6.07) is 5.11. The van der Waals surface area contributed by atoms with Gasteiger partial charge < -0.3 is 15.5 Å². The highest BCUT2D eigenvalue weighted by Gasteiger charge is 2.19. The van der Waals surface area contributed by atoms with Crippen LogP contribution in [-0.2, 0) is 4.79 Å². The number of hydrogen-bond donors (Lipinski definition) is 2. The van der Waals surface area contributed by atoms with Crippen molar-refractivity contribution in [3.63, 3.8) is 0 Å². The smallest absolute Gasteiger partial charge is 0.241 e. The molecular weight excluding hydrogens is 266 g/mol. The van der Waals surface area contributed by atoms with E-state index in [-0.39, 0.29) is 11.8 Å². The van der Waals surface area contributed by atoms with Crippen LogP contribution in [0.2, 0.25) is 0 Å². The Kier molecular flexibility index (Phi) is 4.75. The Hall–Kier alpha value is -2.14. The van der Waals surface area contributed by atoms with Crippen LogP contribution in [0.5, 0.6) is 0 Å². The van der Waals surface area contributed by atoms with Gasteiger partial charge in [0.25, 0.3) is 0 Å². The molecule has 0 aliphatic rings. The SMILES string of the molecule is CCC(C)C(N)C(=O)Nc1ccc(C)c(-c2ncco2)c1. The van der Waals surface area contributed by atoms with Crippen LogP contribution in [0.3, 0.4) is 0 Å². The lowest BCUT2D eigenvalue weighted by Gasteiger charge is -2.18. The molecule has 1 amide bonds. The van der Waals surface area contributed by atoms with Crippen molar-refractivity contribution in [3.8, 4) is 11.5 Å². The molecule has 21 heavy (non-hydrogen) atoms. The molecule has 112 valence electrons. The summed E-state index contributed by atoms with van der Waals surface area (Å²) in [6.45, 7) is 5.96. The fourth-order valence-corrected chi connectivity index (χ4v) is 2.02. The maximum Gasteiger partial charge on any atom is 0.241 e. The van der Waals surface area contributed by atoms with E-state index in [4.69, 9.17) is 10.2 Å². The van der Waals surface area contributed by atoms with Crippen molar-refractivity contribution in [2.24, 2.45) is 11.7 Å². The molecule has 5 heteroatoms. The van der Waals surface area contributed by atoms with Crippen LogP contribution in [0.25, 0.3) is 11.5 Å². The van der Waals surface area contributed by atoms with Crippen molar-refractivity contribution in [2.45, 2.75) is 33.2 Å². The fourth-order valence-electron chi connectivity index (χ4n) is 2.02. The molecule has 0 saturated heterocycles. The molecule has 5 nitrogen and oxygen atoms in total. The van der Waals surface area contributed by atoms with E-state index >= 15 is 0 Å². The van der Waals surface area contributed by atoms with Gasteiger partial charge in [-0.1, -0.05) is 26.3 Å². The van der Waals surface area contributed by atoms with Crippen LogP contribution in [0.1, 0.15) is 25.8 Å². The zero-order valence-corrected chi connectivity index (χ0v) is 12.6. The van der Waals surface area contributed by atoms with Crippen LogP contribution >= 0.6 is 0 Å². The third-order valence-electron chi connectivity index (χ3n) is 3.73. The van der Waals surface area contributed by atoms with Crippen LogP contribution in [-0.4, -0.2) is 16.9 Å². The topological polar surface area (TPSA) is 81.2 Å². The highest BCUT2D eigenvalue weighted by molar-refractivity contribution is 5.95. The van der Waals surface area contributed by atoms with Gasteiger partial charge in [0.05, 0.1) is 12.2 Å². The Morgan fingerprint density at radius 1 is 1.48 bits per heavy atom. The minimum absolute atomic E-state index is 0.140. The minimum atomic E-state index is -0.513. The average Bonchev–Trinajstić information content (AvgIpc) is 3.01. The second-order valence-electron chi connectivity index (χ2n) is 5.27. The number of oxazole rings is 1. The third kappa shape index (κ3) is 3.49. The van der Waals surface area contributed by atoms with Crippen LogP contribution in [0.15, 0.2) is 35.1 Å². The number of carbonyl (C=O) groups is 1. The first-order valence-corrected chi connectivity index (χ1v) is 7.10. The summed E-state index contributed by atoms with van der Waals surface area (Å²) in [5.41, 5.74) is 8.52. The number of aryl methyl sites for hydroxylation is 1. The molecule has 0 aliphatic heterocycles. The Morgan fingerprint density at radius 3 is 2.86 bits per heavy atom. The molecule has 0 saturated carbocycles. The number of amides is 1. The molecule has 2 atom stereocenters. The van der Waals surface area contributed by atoms with Gasteiger partial charge in [-0.2, -0.15) is 0 Å². The van der Waals surface area contributed by atoms with Gasteiger partial charge in [-0.05, 0) is 30.5 Å². The third-order valence-corrected chi connectivity index (χ3v) is 3.73. The van der Waals surface area contributed by atoms with Crippen molar-refractivity contribution in [2.75, 3.05) is 5.32 Å². The van der Waals surface area contributed by atoms with Gasteiger partial charge >= 0.3 is 0 Å². The summed E-state index contributed by atoms with van der Waals surface area (Å²) in [5.74, 6) is 0.503. The minimum Gasteiger partial charge on any atom is -0.445 e. The van der Waals surface area contributed by atoms with E-state index < -0.39 is 6.04 Å². The van der Waals surface area contributed by atoms with E-state index in [9.17, 15) is 4.79 Å². The Labute approximate surface area is 124 Å². The predicted molar refractivity (Wildman–Crippen MR) is 82.7 cm³/mol. The summed E-state index contributed by atoms with van der Waals surface area (Å²) in [4.78, 5) is 16.3. The molecule has 1 aromatic heterocycles. The number of carbonyl (C=O) groups excluding carboxylic acids is 1.